The molecule has 1 aliphatic heterocycles. The number of carbonyl (C=O) groups is 3. The van der Waals surface area contributed by atoms with Crippen molar-refractivity contribution in [1.82, 2.24) is 0 Å². The highest BCUT2D eigenvalue weighted by Crippen LogP contribution is 2.38. The van der Waals surface area contributed by atoms with Crippen LogP contribution < -0.4 is 14.8 Å². The molecule has 34 heavy (non-hydrogen) atoms. The monoisotopic (exact) mass is 485 g/mol. The second-order valence-corrected chi connectivity index (χ2v) is 10.1. The van der Waals surface area contributed by atoms with Crippen LogP contribution in [0.4, 0.5) is 5.69 Å². The minimum Gasteiger partial charge on any atom is -0.492 e. The second kappa shape index (κ2) is 11.0. The Bertz CT molecular complexity index is 1080. The van der Waals surface area contributed by atoms with Crippen molar-refractivity contribution < 1.29 is 28.6 Å². The number of Topliss-reactive ketones (excluding diaryl/α,β-unsaturated/α-hetero) is 1. The van der Waals surface area contributed by atoms with Gasteiger partial charge in [-0.05, 0) is 32.0 Å². The maximum Gasteiger partial charge on any atom is 0.339 e. The number of ether oxygens (including phenoxy) is 3. The molecule has 3 rings (SSSR count). The number of thioether (sulfide) groups is 1. The van der Waals surface area contributed by atoms with Gasteiger partial charge < -0.3 is 19.5 Å². The summed E-state index contributed by atoms with van der Waals surface area (Å²) >= 11 is 1.22. The van der Waals surface area contributed by atoms with Crippen LogP contribution in [0.25, 0.3) is 0 Å². The highest BCUT2D eigenvalue weighted by Gasteiger charge is 2.24. The van der Waals surface area contributed by atoms with E-state index in [-0.39, 0.29) is 30.2 Å². The molecule has 0 saturated carbocycles. The Morgan fingerprint density at radius 3 is 2.62 bits per heavy atom. The number of anilines is 1. The molecule has 2 aromatic carbocycles. The van der Waals surface area contributed by atoms with Crippen molar-refractivity contribution in [2.75, 3.05) is 24.3 Å². The molecular formula is C26H31NO6S. The lowest BCUT2D eigenvalue weighted by Crippen LogP contribution is -2.26. The van der Waals surface area contributed by atoms with Crippen LogP contribution in [-0.2, 0) is 20.7 Å². The number of amides is 1. The summed E-state index contributed by atoms with van der Waals surface area (Å²) in [6, 6.07) is 10.6. The molecule has 2 aromatic rings. The first-order valence-electron chi connectivity index (χ1n) is 11.3. The van der Waals surface area contributed by atoms with Gasteiger partial charge in [-0.15, -0.1) is 11.8 Å². The third-order valence-electron chi connectivity index (χ3n) is 5.21. The number of hydrogen-bond donors (Lipinski definition) is 1. The van der Waals surface area contributed by atoms with Crippen LogP contribution in [0.15, 0.2) is 41.3 Å². The molecule has 7 nitrogen and oxygen atoms in total. The summed E-state index contributed by atoms with van der Waals surface area (Å²) in [7, 11) is 0. The van der Waals surface area contributed by atoms with Crippen LogP contribution in [-0.4, -0.2) is 42.7 Å². The fourth-order valence-corrected chi connectivity index (χ4v) is 4.17. The molecule has 0 radical (unpaired) electrons. The van der Waals surface area contributed by atoms with E-state index in [2.05, 4.69) is 5.32 Å². The molecule has 1 atom stereocenters. The summed E-state index contributed by atoms with van der Waals surface area (Å²) in [5.74, 6) is 0.419. The zero-order valence-corrected chi connectivity index (χ0v) is 21.0. The molecule has 0 aliphatic carbocycles. The smallest absolute Gasteiger partial charge is 0.339 e. The average Bonchev–Trinajstić information content (AvgIpc) is 3.14. The van der Waals surface area contributed by atoms with Crippen molar-refractivity contribution in [2.45, 2.75) is 52.0 Å². The van der Waals surface area contributed by atoms with Gasteiger partial charge in [0.1, 0.15) is 17.6 Å². The van der Waals surface area contributed by atoms with Crippen LogP contribution in [0, 0.1) is 5.41 Å². The van der Waals surface area contributed by atoms with E-state index in [1.807, 2.05) is 19.9 Å². The first-order valence-corrected chi connectivity index (χ1v) is 12.3. The number of carbonyl (C=O) groups excluding carboxylic acids is 3. The molecule has 1 N–H and O–H groups in total. The minimum absolute atomic E-state index is 0.0745. The Hall–Kier alpha value is -3.00. The molecule has 1 heterocycles. The highest BCUT2D eigenvalue weighted by atomic mass is 32.2. The summed E-state index contributed by atoms with van der Waals surface area (Å²) in [6.07, 6.45) is 0.884. The predicted molar refractivity (Wildman–Crippen MR) is 132 cm³/mol. The molecule has 1 aliphatic rings. The molecular weight excluding hydrogens is 454 g/mol. The van der Waals surface area contributed by atoms with Crippen molar-refractivity contribution in [1.29, 1.82) is 0 Å². The third kappa shape index (κ3) is 6.53. The highest BCUT2D eigenvalue weighted by molar-refractivity contribution is 8.00. The van der Waals surface area contributed by atoms with Crippen molar-refractivity contribution in [3.05, 3.63) is 47.5 Å². The van der Waals surface area contributed by atoms with Gasteiger partial charge in [-0.1, -0.05) is 32.9 Å². The third-order valence-corrected chi connectivity index (χ3v) is 6.28. The molecule has 1 amide bonds. The van der Waals surface area contributed by atoms with Gasteiger partial charge in [0.2, 0.25) is 5.91 Å². The zero-order valence-electron chi connectivity index (χ0n) is 20.2. The number of fused-ring (bicyclic) bond motifs is 1. The fraction of sp³-hybridized carbons (Fsp3) is 0.423. The van der Waals surface area contributed by atoms with Gasteiger partial charge in [-0.2, -0.15) is 0 Å². The Labute approximate surface area is 204 Å². The van der Waals surface area contributed by atoms with Gasteiger partial charge in [0.05, 0.1) is 23.6 Å². The van der Waals surface area contributed by atoms with Crippen molar-refractivity contribution in [3.63, 3.8) is 0 Å². The Morgan fingerprint density at radius 1 is 1.18 bits per heavy atom. The fourth-order valence-electron chi connectivity index (χ4n) is 3.33. The molecule has 0 saturated heterocycles. The minimum atomic E-state index is -0.593. The van der Waals surface area contributed by atoms with Crippen molar-refractivity contribution in [2.24, 2.45) is 5.41 Å². The van der Waals surface area contributed by atoms with Gasteiger partial charge in [0, 0.05) is 28.4 Å². The summed E-state index contributed by atoms with van der Waals surface area (Å²) in [4.78, 5) is 38.0. The van der Waals surface area contributed by atoms with Crippen LogP contribution in [0.2, 0.25) is 0 Å². The SMILES string of the molecule is CCOc1cc2c(cc1NC(=O)CSc1ccccc1C(=O)OCC(=O)C(C)(C)C)OC(C)C2. The normalized spacial score (nSPS) is 14.7. The molecule has 1 unspecified atom stereocenters. The topological polar surface area (TPSA) is 90.9 Å². The number of hydrogen-bond acceptors (Lipinski definition) is 7. The van der Waals surface area contributed by atoms with E-state index < -0.39 is 11.4 Å². The molecule has 0 fully saturated rings. The van der Waals surface area contributed by atoms with E-state index in [1.165, 1.54) is 11.8 Å². The van der Waals surface area contributed by atoms with Crippen LogP contribution in [0.1, 0.15) is 50.5 Å². The average molecular weight is 486 g/mol. The first-order chi connectivity index (χ1) is 16.1. The number of esters is 1. The largest absolute Gasteiger partial charge is 0.492 e. The van der Waals surface area contributed by atoms with Crippen molar-refractivity contribution >= 4 is 35.1 Å². The second-order valence-electron chi connectivity index (χ2n) is 9.10. The first kappa shape index (κ1) is 25.6. The van der Waals surface area contributed by atoms with E-state index >= 15 is 0 Å². The molecule has 0 bridgehead atoms. The van der Waals surface area contributed by atoms with E-state index in [9.17, 15) is 14.4 Å². The molecule has 0 aromatic heterocycles. The van der Waals surface area contributed by atoms with Crippen molar-refractivity contribution in [3.8, 4) is 11.5 Å². The number of ketones is 1. The quantitative estimate of drug-likeness (QED) is 0.399. The van der Waals surface area contributed by atoms with Gasteiger partial charge >= 0.3 is 5.97 Å². The number of nitrogens with one attached hydrogen (secondary N) is 1. The molecule has 182 valence electrons. The maximum absolute atomic E-state index is 12.7. The summed E-state index contributed by atoms with van der Waals surface area (Å²) in [5, 5.41) is 2.89. The van der Waals surface area contributed by atoms with E-state index in [0.717, 1.165) is 17.7 Å². The van der Waals surface area contributed by atoms with Gasteiger partial charge in [-0.25, -0.2) is 4.79 Å². The summed E-state index contributed by atoms with van der Waals surface area (Å²) in [6.45, 7) is 9.39. The van der Waals surface area contributed by atoms with E-state index in [0.29, 0.717) is 28.5 Å². The predicted octanol–water partition coefficient (Wildman–Crippen LogP) is 4.91. The molecule has 0 spiro atoms. The van der Waals surface area contributed by atoms with Gasteiger partial charge in [0.25, 0.3) is 0 Å². The lowest BCUT2D eigenvalue weighted by atomic mass is 9.91. The molecule has 8 heteroatoms. The maximum atomic E-state index is 12.7. The Kier molecular flexibility index (Phi) is 8.25. The lowest BCUT2D eigenvalue weighted by Gasteiger charge is -2.16. The van der Waals surface area contributed by atoms with Crippen LogP contribution >= 0.6 is 11.8 Å². The standard InChI is InChI=1S/C26H31NO6S/c1-6-31-21-12-17-11-16(2)33-20(17)13-19(21)27-24(29)15-34-22-10-8-7-9-18(22)25(30)32-14-23(28)26(3,4)5/h7-10,12-13,16H,6,11,14-15H2,1-5H3,(H,27,29). The number of benzene rings is 2. The number of rotatable bonds is 9. The summed E-state index contributed by atoms with van der Waals surface area (Å²) < 4.78 is 16.7. The Morgan fingerprint density at radius 2 is 1.91 bits per heavy atom. The van der Waals surface area contributed by atoms with E-state index in [4.69, 9.17) is 14.2 Å². The zero-order chi connectivity index (χ0) is 24.9. The summed E-state index contributed by atoms with van der Waals surface area (Å²) in [5.41, 5.74) is 1.33. The van der Waals surface area contributed by atoms with Crippen LogP contribution in [0.5, 0.6) is 11.5 Å². The van der Waals surface area contributed by atoms with Gasteiger partial charge in [0.15, 0.2) is 12.4 Å². The van der Waals surface area contributed by atoms with Crippen LogP contribution in [0.3, 0.4) is 0 Å². The Balaban J connectivity index is 1.64. The lowest BCUT2D eigenvalue weighted by molar-refractivity contribution is -0.129. The van der Waals surface area contributed by atoms with Gasteiger partial charge in [-0.3, -0.25) is 9.59 Å². The van der Waals surface area contributed by atoms with E-state index in [1.54, 1.807) is 51.1 Å².